The lowest BCUT2D eigenvalue weighted by molar-refractivity contribution is 0.663. The van der Waals surface area contributed by atoms with Gasteiger partial charge in [-0.25, -0.2) is 9.97 Å². The number of hydrogen-bond donors (Lipinski definition) is 0. The van der Waals surface area contributed by atoms with Crippen LogP contribution < -0.4 is 4.90 Å². The molecule has 0 atom stereocenters. The molecule has 2 aromatic rings. The third-order valence-corrected chi connectivity index (χ3v) is 3.79. The van der Waals surface area contributed by atoms with Crippen molar-refractivity contribution in [2.45, 2.75) is 39.5 Å². The van der Waals surface area contributed by atoms with E-state index in [1.165, 1.54) is 0 Å². The first-order valence-corrected chi connectivity index (χ1v) is 8.47. The van der Waals surface area contributed by atoms with Crippen molar-refractivity contribution in [2.75, 3.05) is 18.0 Å². The molecule has 3 nitrogen and oxygen atoms in total. The summed E-state index contributed by atoms with van der Waals surface area (Å²) >= 11 is 6.23. The Kier molecular flexibility index (Phi) is 6.66. The predicted molar refractivity (Wildman–Crippen MR) is 94.5 cm³/mol. The SMILES string of the molecule is CCCCN(CCCC)c1nc(Cl)cc(-c2ccccc2)n1. The van der Waals surface area contributed by atoms with Crippen LogP contribution >= 0.6 is 11.6 Å². The number of nitrogens with zero attached hydrogens (tertiary/aromatic N) is 3. The quantitative estimate of drug-likeness (QED) is 0.626. The number of halogens is 1. The largest absolute Gasteiger partial charge is 0.341 e. The molecule has 0 aliphatic heterocycles. The summed E-state index contributed by atoms with van der Waals surface area (Å²) in [4.78, 5) is 11.4. The van der Waals surface area contributed by atoms with Crippen LogP contribution in [-0.2, 0) is 0 Å². The van der Waals surface area contributed by atoms with E-state index < -0.39 is 0 Å². The molecule has 0 aliphatic rings. The molecule has 1 heterocycles. The number of anilines is 1. The maximum Gasteiger partial charge on any atom is 0.227 e. The lowest BCUT2D eigenvalue weighted by Gasteiger charge is -2.23. The molecule has 0 saturated carbocycles. The molecule has 0 N–H and O–H groups in total. The highest BCUT2D eigenvalue weighted by Crippen LogP contribution is 2.23. The first-order valence-electron chi connectivity index (χ1n) is 8.09. The summed E-state index contributed by atoms with van der Waals surface area (Å²) in [6, 6.07) is 11.9. The fourth-order valence-electron chi connectivity index (χ4n) is 2.31. The van der Waals surface area contributed by atoms with Crippen LogP contribution in [0.3, 0.4) is 0 Å². The molecular weight excluding hydrogens is 294 g/mol. The van der Waals surface area contributed by atoms with Gasteiger partial charge < -0.3 is 4.90 Å². The van der Waals surface area contributed by atoms with E-state index in [0.29, 0.717) is 5.15 Å². The highest BCUT2D eigenvalue weighted by molar-refractivity contribution is 6.29. The Bertz CT molecular complexity index is 564. The van der Waals surface area contributed by atoms with Gasteiger partial charge in [0.25, 0.3) is 0 Å². The molecular formula is C18H24ClN3. The molecule has 0 aliphatic carbocycles. The molecule has 118 valence electrons. The number of unbranched alkanes of at least 4 members (excludes halogenated alkanes) is 2. The third-order valence-electron chi connectivity index (χ3n) is 3.60. The van der Waals surface area contributed by atoms with Gasteiger partial charge in [-0.05, 0) is 12.8 Å². The number of rotatable bonds is 8. The topological polar surface area (TPSA) is 29.0 Å². The molecule has 2 rings (SSSR count). The molecule has 0 fully saturated rings. The second-order valence-electron chi connectivity index (χ2n) is 5.44. The zero-order chi connectivity index (χ0) is 15.8. The predicted octanol–water partition coefficient (Wildman–Crippen LogP) is 5.20. The zero-order valence-electron chi connectivity index (χ0n) is 13.4. The summed E-state index contributed by atoms with van der Waals surface area (Å²) in [6.45, 7) is 6.36. The normalized spacial score (nSPS) is 10.7. The summed E-state index contributed by atoms with van der Waals surface area (Å²) in [6.07, 6.45) is 4.60. The molecule has 0 spiro atoms. The lowest BCUT2D eigenvalue weighted by atomic mass is 10.1. The maximum absolute atomic E-state index is 6.23. The van der Waals surface area contributed by atoms with Gasteiger partial charge in [-0.3, -0.25) is 0 Å². The molecule has 0 bridgehead atoms. The summed E-state index contributed by atoms with van der Waals surface area (Å²) < 4.78 is 0. The second-order valence-corrected chi connectivity index (χ2v) is 5.82. The van der Waals surface area contributed by atoms with Gasteiger partial charge in [0.2, 0.25) is 5.95 Å². The molecule has 0 unspecified atom stereocenters. The minimum Gasteiger partial charge on any atom is -0.341 e. The van der Waals surface area contributed by atoms with E-state index in [9.17, 15) is 0 Å². The van der Waals surface area contributed by atoms with Crippen LogP contribution in [0.1, 0.15) is 39.5 Å². The number of benzene rings is 1. The fraction of sp³-hybridized carbons (Fsp3) is 0.444. The first kappa shape index (κ1) is 16.8. The average Bonchev–Trinajstić information content (AvgIpc) is 2.55. The fourth-order valence-corrected chi connectivity index (χ4v) is 2.49. The molecule has 0 saturated heterocycles. The van der Waals surface area contributed by atoms with Crippen LogP contribution in [0.5, 0.6) is 0 Å². The molecule has 4 heteroatoms. The molecule has 1 aromatic heterocycles. The van der Waals surface area contributed by atoms with Crippen molar-refractivity contribution in [1.29, 1.82) is 0 Å². The van der Waals surface area contributed by atoms with E-state index >= 15 is 0 Å². The van der Waals surface area contributed by atoms with Crippen LogP contribution in [0.4, 0.5) is 5.95 Å². The molecule has 0 amide bonds. The van der Waals surface area contributed by atoms with Crippen molar-refractivity contribution in [3.63, 3.8) is 0 Å². The van der Waals surface area contributed by atoms with Crippen molar-refractivity contribution in [1.82, 2.24) is 9.97 Å². The Morgan fingerprint density at radius 1 is 0.955 bits per heavy atom. The van der Waals surface area contributed by atoms with E-state index in [-0.39, 0.29) is 0 Å². The summed E-state index contributed by atoms with van der Waals surface area (Å²) in [7, 11) is 0. The van der Waals surface area contributed by atoms with Crippen molar-refractivity contribution >= 4 is 17.5 Å². The Morgan fingerprint density at radius 3 is 2.18 bits per heavy atom. The van der Waals surface area contributed by atoms with E-state index in [0.717, 1.165) is 56.0 Å². The number of aromatic nitrogens is 2. The summed E-state index contributed by atoms with van der Waals surface area (Å²) in [5.41, 5.74) is 1.95. The summed E-state index contributed by atoms with van der Waals surface area (Å²) in [5.74, 6) is 0.744. The Labute approximate surface area is 138 Å². The minimum atomic E-state index is 0.502. The van der Waals surface area contributed by atoms with Gasteiger partial charge in [0.1, 0.15) is 5.15 Å². The van der Waals surface area contributed by atoms with E-state index in [1.54, 1.807) is 0 Å². The van der Waals surface area contributed by atoms with Crippen molar-refractivity contribution in [3.8, 4) is 11.3 Å². The first-order chi connectivity index (χ1) is 10.7. The van der Waals surface area contributed by atoms with Crippen LogP contribution in [0, 0.1) is 0 Å². The smallest absolute Gasteiger partial charge is 0.227 e. The second kappa shape index (κ2) is 8.74. The standard InChI is InChI=1S/C18H24ClN3/c1-3-5-12-22(13-6-4-2)18-20-16(14-17(19)21-18)15-10-8-7-9-11-15/h7-11,14H,3-6,12-13H2,1-2H3. The minimum absolute atomic E-state index is 0.502. The summed E-state index contributed by atoms with van der Waals surface area (Å²) in [5, 5.41) is 0.502. The third kappa shape index (κ3) is 4.70. The number of hydrogen-bond acceptors (Lipinski definition) is 3. The van der Waals surface area contributed by atoms with Crippen LogP contribution in [0.25, 0.3) is 11.3 Å². The van der Waals surface area contributed by atoms with Gasteiger partial charge in [0, 0.05) is 24.7 Å². The van der Waals surface area contributed by atoms with Crippen LogP contribution in [0.2, 0.25) is 5.15 Å². The monoisotopic (exact) mass is 317 g/mol. The maximum atomic E-state index is 6.23. The zero-order valence-corrected chi connectivity index (χ0v) is 14.2. The highest BCUT2D eigenvalue weighted by Gasteiger charge is 2.12. The van der Waals surface area contributed by atoms with Gasteiger partial charge in [0.05, 0.1) is 5.69 Å². The van der Waals surface area contributed by atoms with Crippen LogP contribution in [0.15, 0.2) is 36.4 Å². The van der Waals surface area contributed by atoms with Crippen LogP contribution in [-0.4, -0.2) is 23.1 Å². The van der Waals surface area contributed by atoms with Gasteiger partial charge in [-0.1, -0.05) is 68.6 Å². The van der Waals surface area contributed by atoms with E-state index in [1.807, 2.05) is 36.4 Å². The van der Waals surface area contributed by atoms with Gasteiger partial charge in [-0.15, -0.1) is 0 Å². The van der Waals surface area contributed by atoms with Crippen molar-refractivity contribution in [3.05, 3.63) is 41.6 Å². The van der Waals surface area contributed by atoms with Gasteiger partial charge in [-0.2, -0.15) is 0 Å². The van der Waals surface area contributed by atoms with Crippen molar-refractivity contribution in [2.24, 2.45) is 0 Å². The Hall–Kier alpha value is -1.61. The van der Waals surface area contributed by atoms with Gasteiger partial charge in [0.15, 0.2) is 0 Å². The van der Waals surface area contributed by atoms with E-state index in [2.05, 4.69) is 23.7 Å². The molecule has 22 heavy (non-hydrogen) atoms. The lowest BCUT2D eigenvalue weighted by Crippen LogP contribution is -2.27. The van der Waals surface area contributed by atoms with E-state index in [4.69, 9.17) is 16.6 Å². The Morgan fingerprint density at radius 2 is 1.59 bits per heavy atom. The average molecular weight is 318 g/mol. The van der Waals surface area contributed by atoms with Crippen molar-refractivity contribution < 1.29 is 0 Å². The molecule has 0 radical (unpaired) electrons. The highest BCUT2D eigenvalue weighted by atomic mass is 35.5. The van der Waals surface area contributed by atoms with Gasteiger partial charge >= 0.3 is 0 Å². The molecule has 1 aromatic carbocycles. The Balaban J connectivity index is 2.29.